The van der Waals surface area contributed by atoms with Crippen LogP contribution in [0.15, 0.2) is 51.8 Å². The Morgan fingerprint density at radius 3 is 2.24 bits per heavy atom. The van der Waals surface area contributed by atoms with E-state index in [1.807, 2.05) is 38.1 Å². The Morgan fingerprint density at radius 2 is 1.67 bits per heavy atom. The van der Waals surface area contributed by atoms with Crippen LogP contribution in [0.25, 0.3) is 0 Å². The number of rotatable bonds is 4. The van der Waals surface area contributed by atoms with Crippen LogP contribution in [0.1, 0.15) is 5.56 Å². The van der Waals surface area contributed by atoms with Gasteiger partial charge in [0.1, 0.15) is 0 Å². The third-order valence-corrected chi connectivity index (χ3v) is 4.99. The molecule has 0 unspecified atom stereocenters. The number of aryl methyl sites for hydroxylation is 1. The van der Waals surface area contributed by atoms with Gasteiger partial charge in [0.2, 0.25) is 0 Å². The lowest BCUT2D eigenvalue weighted by Gasteiger charge is -2.17. The summed E-state index contributed by atoms with van der Waals surface area (Å²) in [5, 5.41) is 0. The van der Waals surface area contributed by atoms with Crippen molar-refractivity contribution >= 4 is 37.3 Å². The Hall–Kier alpha value is -1.53. The van der Waals surface area contributed by atoms with E-state index in [4.69, 9.17) is 0 Å². The lowest BCUT2D eigenvalue weighted by Crippen LogP contribution is -2.14. The standard InChI is InChI=1S/C15H17BrN2O2S/c1-11-4-7-13(10-15(11)18(2)3)17-21(19,20)14-8-5-12(16)6-9-14/h4-10,17H,1-3H3. The normalized spacial score (nSPS) is 11.2. The van der Waals surface area contributed by atoms with Crippen LogP contribution in [-0.2, 0) is 10.0 Å². The molecule has 21 heavy (non-hydrogen) atoms. The number of nitrogens with zero attached hydrogens (tertiary/aromatic N) is 1. The van der Waals surface area contributed by atoms with Gasteiger partial charge in [-0.25, -0.2) is 8.42 Å². The Morgan fingerprint density at radius 1 is 1.05 bits per heavy atom. The zero-order valence-corrected chi connectivity index (χ0v) is 14.5. The van der Waals surface area contributed by atoms with E-state index < -0.39 is 10.0 Å². The molecule has 2 aromatic rings. The molecule has 0 atom stereocenters. The molecule has 0 spiro atoms. The van der Waals surface area contributed by atoms with E-state index in [9.17, 15) is 8.42 Å². The van der Waals surface area contributed by atoms with Crippen molar-refractivity contribution in [1.82, 2.24) is 0 Å². The maximum Gasteiger partial charge on any atom is 0.261 e. The summed E-state index contributed by atoms with van der Waals surface area (Å²) in [6, 6.07) is 12.0. The first kappa shape index (κ1) is 15.9. The van der Waals surface area contributed by atoms with Gasteiger partial charge in [-0.05, 0) is 48.9 Å². The second-order valence-corrected chi connectivity index (χ2v) is 7.55. The molecule has 4 nitrogen and oxygen atoms in total. The minimum atomic E-state index is -3.57. The van der Waals surface area contributed by atoms with Crippen LogP contribution in [0, 0.1) is 6.92 Å². The number of nitrogens with one attached hydrogen (secondary N) is 1. The molecule has 2 aromatic carbocycles. The molecule has 0 aromatic heterocycles. The van der Waals surface area contributed by atoms with Crippen molar-refractivity contribution < 1.29 is 8.42 Å². The third kappa shape index (κ3) is 3.77. The van der Waals surface area contributed by atoms with E-state index in [-0.39, 0.29) is 4.90 Å². The first-order valence-electron chi connectivity index (χ1n) is 6.36. The van der Waals surface area contributed by atoms with Gasteiger partial charge in [-0.15, -0.1) is 0 Å². The molecule has 0 saturated heterocycles. The van der Waals surface area contributed by atoms with E-state index in [0.29, 0.717) is 5.69 Å². The third-order valence-electron chi connectivity index (χ3n) is 3.07. The summed E-state index contributed by atoms with van der Waals surface area (Å²) in [6.07, 6.45) is 0. The summed E-state index contributed by atoms with van der Waals surface area (Å²) in [5.74, 6) is 0. The van der Waals surface area contributed by atoms with Gasteiger partial charge in [-0.3, -0.25) is 4.72 Å². The first-order chi connectivity index (χ1) is 9.79. The monoisotopic (exact) mass is 368 g/mol. The number of sulfonamides is 1. The minimum Gasteiger partial charge on any atom is -0.377 e. The van der Waals surface area contributed by atoms with Gasteiger partial charge in [-0.2, -0.15) is 0 Å². The number of hydrogen-bond acceptors (Lipinski definition) is 3. The van der Waals surface area contributed by atoms with Gasteiger partial charge in [0.15, 0.2) is 0 Å². The summed E-state index contributed by atoms with van der Waals surface area (Å²) in [5.41, 5.74) is 2.62. The van der Waals surface area contributed by atoms with E-state index in [1.165, 1.54) is 0 Å². The quantitative estimate of drug-likeness (QED) is 0.896. The first-order valence-corrected chi connectivity index (χ1v) is 8.63. The number of halogens is 1. The van der Waals surface area contributed by atoms with Gasteiger partial charge < -0.3 is 4.90 Å². The molecule has 0 heterocycles. The zero-order valence-electron chi connectivity index (χ0n) is 12.1. The van der Waals surface area contributed by atoms with Crippen LogP contribution in [0.2, 0.25) is 0 Å². The van der Waals surface area contributed by atoms with E-state index >= 15 is 0 Å². The predicted molar refractivity (Wildman–Crippen MR) is 90.5 cm³/mol. The predicted octanol–water partition coefficient (Wildman–Crippen LogP) is 3.62. The van der Waals surface area contributed by atoms with Gasteiger partial charge in [0.05, 0.1) is 10.6 Å². The molecule has 0 radical (unpaired) electrons. The van der Waals surface area contributed by atoms with E-state index in [2.05, 4.69) is 20.7 Å². The van der Waals surface area contributed by atoms with E-state index in [0.717, 1.165) is 15.7 Å². The minimum absolute atomic E-state index is 0.234. The van der Waals surface area contributed by atoms with Crippen molar-refractivity contribution in [1.29, 1.82) is 0 Å². The Bertz CT molecular complexity index is 741. The number of anilines is 2. The highest BCUT2D eigenvalue weighted by molar-refractivity contribution is 9.10. The average Bonchev–Trinajstić information content (AvgIpc) is 2.41. The van der Waals surface area contributed by atoms with Crippen LogP contribution in [0.3, 0.4) is 0 Å². The Labute approximate surface area is 134 Å². The fourth-order valence-electron chi connectivity index (χ4n) is 1.98. The van der Waals surface area contributed by atoms with Gasteiger partial charge in [0, 0.05) is 24.3 Å². The Kier molecular flexibility index (Phi) is 4.58. The smallest absolute Gasteiger partial charge is 0.261 e. The molecule has 112 valence electrons. The molecule has 0 saturated carbocycles. The van der Waals surface area contributed by atoms with Gasteiger partial charge in [-0.1, -0.05) is 22.0 Å². The fraction of sp³-hybridized carbons (Fsp3) is 0.200. The summed E-state index contributed by atoms with van der Waals surface area (Å²) in [4.78, 5) is 2.19. The number of benzene rings is 2. The molecular formula is C15H17BrN2O2S. The highest BCUT2D eigenvalue weighted by atomic mass is 79.9. The van der Waals surface area contributed by atoms with Crippen LogP contribution in [0.5, 0.6) is 0 Å². The zero-order chi connectivity index (χ0) is 15.6. The van der Waals surface area contributed by atoms with E-state index in [1.54, 1.807) is 30.3 Å². The highest BCUT2D eigenvalue weighted by Gasteiger charge is 2.14. The van der Waals surface area contributed by atoms with Crippen molar-refractivity contribution in [3.8, 4) is 0 Å². The maximum absolute atomic E-state index is 12.3. The van der Waals surface area contributed by atoms with Crippen LogP contribution in [-0.4, -0.2) is 22.5 Å². The molecule has 0 aliphatic heterocycles. The molecule has 0 aliphatic carbocycles. The highest BCUT2D eigenvalue weighted by Crippen LogP contribution is 2.25. The van der Waals surface area contributed by atoms with Crippen LogP contribution in [0.4, 0.5) is 11.4 Å². The van der Waals surface area contributed by atoms with Crippen molar-refractivity contribution in [2.45, 2.75) is 11.8 Å². The largest absolute Gasteiger partial charge is 0.377 e. The SMILES string of the molecule is Cc1ccc(NS(=O)(=O)c2ccc(Br)cc2)cc1N(C)C. The summed E-state index contributed by atoms with van der Waals surface area (Å²) >= 11 is 3.29. The van der Waals surface area contributed by atoms with Gasteiger partial charge >= 0.3 is 0 Å². The van der Waals surface area contributed by atoms with Crippen molar-refractivity contribution in [3.63, 3.8) is 0 Å². The van der Waals surface area contributed by atoms with Crippen molar-refractivity contribution in [2.24, 2.45) is 0 Å². The Balaban J connectivity index is 2.33. The van der Waals surface area contributed by atoms with Gasteiger partial charge in [0.25, 0.3) is 10.0 Å². The molecule has 1 N–H and O–H groups in total. The molecule has 0 aliphatic rings. The molecular weight excluding hydrogens is 352 g/mol. The molecule has 0 amide bonds. The lowest BCUT2D eigenvalue weighted by atomic mass is 10.2. The maximum atomic E-state index is 12.3. The molecule has 0 bridgehead atoms. The average molecular weight is 369 g/mol. The molecule has 2 rings (SSSR count). The molecule has 6 heteroatoms. The second kappa shape index (κ2) is 6.07. The lowest BCUT2D eigenvalue weighted by molar-refractivity contribution is 0.601. The molecule has 0 fully saturated rings. The van der Waals surface area contributed by atoms with Crippen LogP contribution >= 0.6 is 15.9 Å². The summed E-state index contributed by atoms with van der Waals surface area (Å²) in [7, 11) is 0.277. The fourth-order valence-corrected chi connectivity index (χ4v) is 3.30. The topological polar surface area (TPSA) is 49.4 Å². The second-order valence-electron chi connectivity index (χ2n) is 4.96. The van der Waals surface area contributed by atoms with Crippen molar-refractivity contribution in [2.75, 3.05) is 23.7 Å². The summed E-state index contributed by atoms with van der Waals surface area (Å²) in [6.45, 7) is 1.99. The number of hydrogen-bond donors (Lipinski definition) is 1. The summed E-state index contributed by atoms with van der Waals surface area (Å²) < 4.78 is 28.1. The van der Waals surface area contributed by atoms with Crippen LogP contribution < -0.4 is 9.62 Å². The van der Waals surface area contributed by atoms with Crippen molar-refractivity contribution in [3.05, 3.63) is 52.5 Å².